The Kier molecular flexibility index (Phi) is 5.15. The van der Waals surface area contributed by atoms with Crippen molar-refractivity contribution in [1.29, 1.82) is 0 Å². The highest BCUT2D eigenvalue weighted by atomic mass is 16.5. The number of hydrogen-bond acceptors (Lipinski definition) is 6. The van der Waals surface area contributed by atoms with Gasteiger partial charge in [-0.1, -0.05) is 18.2 Å². The first-order valence-electron chi connectivity index (χ1n) is 8.35. The molecule has 1 aromatic carbocycles. The zero-order valence-electron chi connectivity index (χ0n) is 13.8. The van der Waals surface area contributed by atoms with E-state index in [0.717, 1.165) is 19.6 Å². The molecule has 1 N–H and O–H groups in total. The van der Waals surface area contributed by atoms with Crippen molar-refractivity contribution >= 4 is 16.9 Å². The molecule has 0 radical (unpaired) electrons. The van der Waals surface area contributed by atoms with Gasteiger partial charge in [0.2, 0.25) is 0 Å². The number of rotatable bonds is 5. The lowest BCUT2D eigenvalue weighted by atomic mass is 10.2. The summed E-state index contributed by atoms with van der Waals surface area (Å²) in [5, 5.41) is 11.2. The summed E-state index contributed by atoms with van der Waals surface area (Å²) in [7, 11) is 0. The Hall–Kier alpha value is -2.34. The van der Waals surface area contributed by atoms with Gasteiger partial charge in [-0.25, -0.2) is 4.79 Å². The van der Waals surface area contributed by atoms with Crippen molar-refractivity contribution in [2.45, 2.75) is 19.8 Å². The second kappa shape index (κ2) is 7.49. The van der Waals surface area contributed by atoms with E-state index in [1.807, 2.05) is 12.1 Å². The van der Waals surface area contributed by atoms with Crippen molar-refractivity contribution in [3.05, 3.63) is 35.2 Å². The van der Waals surface area contributed by atoms with Crippen LogP contribution in [0.25, 0.3) is 11.0 Å². The van der Waals surface area contributed by atoms with E-state index >= 15 is 0 Å². The maximum absolute atomic E-state index is 12.1. The molecule has 1 fully saturated rings. The number of fused-ring (bicyclic) bond motifs is 1. The van der Waals surface area contributed by atoms with E-state index < -0.39 is 11.9 Å². The lowest BCUT2D eigenvalue weighted by molar-refractivity contribution is 0.0522. The number of hydrogen-bond donors (Lipinski definition) is 1. The first-order chi connectivity index (χ1) is 11.7. The molecule has 1 aliphatic rings. The smallest absolute Gasteiger partial charge is 0.346 e. The molecule has 6 heteroatoms. The number of furan rings is 1. The fourth-order valence-electron chi connectivity index (χ4n) is 3.00. The van der Waals surface area contributed by atoms with Crippen LogP contribution in [0.4, 0.5) is 0 Å². The first-order valence-corrected chi connectivity index (χ1v) is 8.35. The Morgan fingerprint density at radius 3 is 2.83 bits per heavy atom. The molecule has 1 aliphatic heterocycles. The van der Waals surface area contributed by atoms with E-state index in [-0.39, 0.29) is 12.2 Å². The summed E-state index contributed by atoms with van der Waals surface area (Å²) in [5.74, 6) is -1.02. The Balaban J connectivity index is 1.96. The third-order valence-electron chi connectivity index (χ3n) is 4.16. The Morgan fingerprint density at radius 2 is 2.08 bits per heavy atom. The van der Waals surface area contributed by atoms with Crippen molar-refractivity contribution in [3.8, 4) is 5.95 Å². The number of nitrogens with zero attached hydrogens (tertiary/aromatic N) is 2. The van der Waals surface area contributed by atoms with Crippen LogP contribution in [0.3, 0.4) is 0 Å². The van der Waals surface area contributed by atoms with Gasteiger partial charge in [-0.15, -0.1) is 0 Å². The highest BCUT2D eigenvalue weighted by Crippen LogP contribution is 2.29. The van der Waals surface area contributed by atoms with Crippen molar-refractivity contribution in [3.63, 3.8) is 0 Å². The van der Waals surface area contributed by atoms with Gasteiger partial charge in [-0.2, -0.15) is 0 Å². The van der Waals surface area contributed by atoms with Crippen LogP contribution in [0.15, 0.2) is 33.7 Å². The molecule has 128 valence electrons. The molecule has 1 aromatic heterocycles. The number of carbonyl (C=O) groups is 1. The zero-order chi connectivity index (χ0) is 16.9. The largest absolute Gasteiger partial charge is 0.480 e. The summed E-state index contributed by atoms with van der Waals surface area (Å²) in [4.78, 5) is 19.0. The fraction of sp³-hybridized carbons (Fsp3) is 0.444. The van der Waals surface area contributed by atoms with Gasteiger partial charge in [0.25, 0.3) is 5.95 Å². The average Bonchev–Trinajstić information content (AvgIpc) is 3.13. The third kappa shape index (κ3) is 3.43. The molecule has 2 heterocycles. The number of ether oxygens (including phenoxy) is 1. The summed E-state index contributed by atoms with van der Waals surface area (Å²) in [6.07, 6.45) is 2.50. The molecule has 0 aliphatic carbocycles. The van der Waals surface area contributed by atoms with E-state index in [2.05, 4.69) is 9.89 Å². The normalized spacial score (nSPS) is 16.0. The Morgan fingerprint density at radius 1 is 1.33 bits per heavy atom. The van der Waals surface area contributed by atoms with E-state index in [4.69, 9.17) is 9.15 Å². The summed E-state index contributed by atoms with van der Waals surface area (Å²) in [5.41, 5.74) is 0.459. The molecule has 3 rings (SSSR count). The summed E-state index contributed by atoms with van der Waals surface area (Å²) in [6, 6.07) is 7.18. The van der Waals surface area contributed by atoms with Crippen molar-refractivity contribution in [2.75, 3.05) is 32.8 Å². The fourth-order valence-corrected chi connectivity index (χ4v) is 3.00. The Bertz CT molecular complexity index is 791. The maximum atomic E-state index is 12.1. The number of aromatic hydroxyl groups is 1. The predicted molar refractivity (Wildman–Crippen MR) is 89.9 cm³/mol. The van der Waals surface area contributed by atoms with E-state index in [1.54, 1.807) is 19.1 Å². The van der Waals surface area contributed by atoms with Crippen LogP contribution >= 0.6 is 0 Å². The van der Waals surface area contributed by atoms with Gasteiger partial charge >= 0.3 is 5.97 Å². The molecule has 0 saturated carbocycles. The number of carbonyl (C=O) groups excluding carboxylic acids is 1. The second-order valence-corrected chi connectivity index (χ2v) is 5.78. The van der Waals surface area contributed by atoms with Crippen LogP contribution in [0.5, 0.6) is 5.95 Å². The van der Waals surface area contributed by atoms with Gasteiger partial charge in [-0.05, 0) is 38.9 Å². The third-order valence-corrected chi connectivity index (χ3v) is 4.16. The van der Waals surface area contributed by atoms with Crippen LogP contribution in [0.1, 0.15) is 30.1 Å². The van der Waals surface area contributed by atoms with E-state index in [1.165, 1.54) is 12.8 Å². The van der Waals surface area contributed by atoms with Crippen LogP contribution in [0, 0.1) is 0 Å². The monoisotopic (exact) mass is 330 g/mol. The summed E-state index contributed by atoms with van der Waals surface area (Å²) >= 11 is 0. The molecular weight excluding hydrogens is 308 g/mol. The minimum absolute atomic E-state index is 0.0547. The van der Waals surface area contributed by atoms with Crippen molar-refractivity contribution < 1.29 is 19.1 Å². The standard InChI is InChI=1S/C18H22N2O4/c1-2-23-17(21)15-13-7-3-4-8-14(16(13)24-18(15)22)19-9-12-20-10-5-6-11-20/h3-4,7-8,22H,2,5-6,9-12H2,1H3. The quantitative estimate of drug-likeness (QED) is 0.852. The first kappa shape index (κ1) is 16.5. The molecule has 1 saturated heterocycles. The van der Waals surface area contributed by atoms with Gasteiger partial charge < -0.3 is 19.2 Å². The van der Waals surface area contributed by atoms with Crippen LogP contribution in [0.2, 0.25) is 0 Å². The minimum Gasteiger partial charge on any atom is -0.480 e. The van der Waals surface area contributed by atoms with Gasteiger partial charge in [0.15, 0.2) is 11.1 Å². The van der Waals surface area contributed by atoms with Gasteiger partial charge in [0.1, 0.15) is 5.36 Å². The minimum atomic E-state index is -0.594. The molecule has 0 unspecified atom stereocenters. The summed E-state index contributed by atoms with van der Waals surface area (Å²) in [6.45, 7) is 5.75. The van der Waals surface area contributed by atoms with Crippen LogP contribution in [-0.2, 0) is 4.74 Å². The van der Waals surface area contributed by atoms with E-state index in [0.29, 0.717) is 22.9 Å². The Labute approximate surface area is 140 Å². The zero-order valence-corrected chi connectivity index (χ0v) is 13.8. The molecule has 0 amide bonds. The molecule has 0 spiro atoms. The van der Waals surface area contributed by atoms with Gasteiger partial charge in [-0.3, -0.25) is 4.99 Å². The highest BCUT2D eigenvalue weighted by Gasteiger charge is 2.22. The van der Waals surface area contributed by atoms with Crippen LogP contribution < -0.4 is 5.36 Å². The summed E-state index contributed by atoms with van der Waals surface area (Å²) < 4.78 is 10.4. The lowest BCUT2D eigenvalue weighted by Gasteiger charge is -2.11. The van der Waals surface area contributed by atoms with Gasteiger partial charge in [0, 0.05) is 11.9 Å². The molecular formula is C18H22N2O4. The van der Waals surface area contributed by atoms with Crippen LogP contribution in [-0.4, -0.2) is 48.8 Å². The predicted octanol–water partition coefficient (Wildman–Crippen LogP) is 2.31. The van der Waals surface area contributed by atoms with E-state index in [9.17, 15) is 9.90 Å². The lowest BCUT2D eigenvalue weighted by Crippen LogP contribution is -2.23. The second-order valence-electron chi connectivity index (χ2n) is 5.78. The topological polar surface area (TPSA) is 75.3 Å². The molecule has 0 atom stereocenters. The average molecular weight is 330 g/mol. The SMILES string of the molecule is CCOC(=O)c1c(O)oc2c(=NCCN3CCCC3)ccccc12. The molecule has 2 aromatic rings. The van der Waals surface area contributed by atoms with Gasteiger partial charge in [0.05, 0.1) is 13.2 Å². The molecule has 0 bridgehead atoms. The highest BCUT2D eigenvalue weighted by molar-refractivity contribution is 6.05. The van der Waals surface area contributed by atoms with Crippen molar-refractivity contribution in [2.24, 2.45) is 4.99 Å². The number of esters is 1. The molecule has 6 nitrogen and oxygen atoms in total. The number of likely N-dealkylation sites (tertiary alicyclic amines) is 1. The molecule has 24 heavy (non-hydrogen) atoms. The van der Waals surface area contributed by atoms with Crippen molar-refractivity contribution in [1.82, 2.24) is 4.90 Å². The maximum Gasteiger partial charge on any atom is 0.346 e.